The summed E-state index contributed by atoms with van der Waals surface area (Å²) in [5.41, 5.74) is 9.57. The van der Waals surface area contributed by atoms with Crippen molar-refractivity contribution >= 4 is 29.0 Å². The van der Waals surface area contributed by atoms with Gasteiger partial charge in [-0.2, -0.15) is 0 Å². The third kappa shape index (κ3) is 3.29. The SMILES string of the molecule is CCOC(=O)C1CCN(c2ncnc(N3CCc4ccccc43)c2N)CC1. The maximum atomic E-state index is 12.0. The van der Waals surface area contributed by atoms with Gasteiger partial charge in [-0.15, -0.1) is 0 Å². The predicted octanol–water partition coefficient (Wildman–Crippen LogP) is 2.53. The molecule has 4 rings (SSSR count). The topological polar surface area (TPSA) is 84.6 Å². The van der Waals surface area contributed by atoms with Crippen LogP contribution in [-0.2, 0) is 16.0 Å². The fourth-order valence-electron chi connectivity index (χ4n) is 3.99. The molecule has 27 heavy (non-hydrogen) atoms. The number of anilines is 4. The van der Waals surface area contributed by atoms with E-state index in [0.29, 0.717) is 12.3 Å². The van der Waals surface area contributed by atoms with Crippen LogP contribution in [0.4, 0.5) is 23.0 Å². The Bertz CT molecular complexity index is 833. The number of carbonyl (C=O) groups excluding carboxylic acids is 1. The van der Waals surface area contributed by atoms with Crippen LogP contribution in [-0.4, -0.2) is 42.2 Å². The average molecular weight is 367 g/mol. The predicted molar refractivity (Wildman–Crippen MR) is 105 cm³/mol. The zero-order valence-corrected chi connectivity index (χ0v) is 15.6. The molecular weight excluding hydrogens is 342 g/mol. The molecule has 1 fully saturated rings. The number of fused-ring (bicyclic) bond motifs is 1. The van der Waals surface area contributed by atoms with Crippen molar-refractivity contribution in [2.24, 2.45) is 5.92 Å². The monoisotopic (exact) mass is 367 g/mol. The van der Waals surface area contributed by atoms with Crippen molar-refractivity contribution in [1.82, 2.24) is 9.97 Å². The molecule has 1 saturated heterocycles. The highest BCUT2D eigenvalue weighted by molar-refractivity contribution is 5.82. The number of hydrogen-bond acceptors (Lipinski definition) is 7. The molecule has 0 atom stereocenters. The van der Waals surface area contributed by atoms with E-state index in [4.69, 9.17) is 10.5 Å². The van der Waals surface area contributed by atoms with E-state index < -0.39 is 0 Å². The lowest BCUT2D eigenvalue weighted by Gasteiger charge is -2.33. The van der Waals surface area contributed by atoms with Gasteiger partial charge in [0.05, 0.1) is 12.5 Å². The molecule has 2 aromatic rings. The Labute approximate surface area is 159 Å². The van der Waals surface area contributed by atoms with Gasteiger partial charge in [0.25, 0.3) is 0 Å². The van der Waals surface area contributed by atoms with Crippen LogP contribution in [0.3, 0.4) is 0 Å². The number of aromatic nitrogens is 2. The van der Waals surface area contributed by atoms with E-state index in [0.717, 1.165) is 56.2 Å². The lowest BCUT2D eigenvalue weighted by molar-refractivity contribution is -0.148. The van der Waals surface area contributed by atoms with E-state index >= 15 is 0 Å². The number of hydrogen-bond donors (Lipinski definition) is 1. The van der Waals surface area contributed by atoms with Crippen LogP contribution in [0.5, 0.6) is 0 Å². The normalized spacial score (nSPS) is 17.1. The molecule has 1 aromatic carbocycles. The Hall–Kier alpha value is -2.83. The van der Waals surface area contributed by atoms with Crippen LogP contribution in [0.15, 0.2) is 30.6 Å². The van der Waals surface area contributed by atoms with E-state index in [9.17, 15) is 4.79 Å². The summed E-state index contributed by atoms with van der Waals surface area (Å²) in [6.45, 7) is 4.61. The second-order valence-corrected chi connectivity index (χ2v) is 6.98. The first-order valence-electron chi connectivity index (χ1n) is 9.56. The maximum Gasteiger partial charge on any atom is 0.309 e. The minimum atomic E-state index is -0.0952. The largest absolute Gasteiger partial charge is 0.466 e. The molecule has 0 bridgehead atoms. The molecular formula is C20H25N5O2. The van der Waals surface area contributed by atoms with Crippen LogP contribution in [0.25, 0.3) is 0 Å². The highest BCUT2D eigenvalue weighted by Gasteiger charge is 2.29. The van der Waals surface area contributed by atoms with Crippen LogP contribution in [0.2, 0.25) is 0 Å². The minimum absolute atomic E-state index is 0.0332. The number of esters is 1. The molecule has 0 spiro atoms. The number of para-hydroxylation sites is 1. The van der Waals surface area contributed by atoms with Gasteiger partial charge in [0.15, 0.2) is 11.6 Å². The van der Waals surface area contributed by atoms with Gasteiger partial charge in [0, 0.05) is 25.3 Å². The van der Waals surface area contributed by atoms with Gasteiger partial charge in [-0.05, 0) is 37.8 Å². The molecule has 0 saturated carbocycles. The summed E-state index contributed by atoms with van der Waals surface area (Å²) in [7, 11) is 0. The highest BCUT2D eigenvalue weighted by Crippen LogP contribution is 2.39. The van der Waals surface area contributed by atoms with E-state index in [-0.39, 0.29) is 11.9 Å². The molecule has 142 valence electrons. The third-order valence-corrected chi connectivity index (χ3v) is 5.40. The molecule has 2 N–H and O–H groups in total. The highest BCUT2D eigenvalue weighted by atomic mass is 16.5. The first-order valence-corrected chi connectivity index (χ1v) is 9.56. The van der Waals surface area contributed by atoms with Gasteiger partial charge in [-0.3, -0.25) is 4.79 Å². The average Bonchev–Trinajstić information content (AvgIpc) is 3.12. The van der Waals surface area contributed by atoms with E-state index in [1.807, 2.05) is 13.0 Å². The molecule has 0 aliphatic carbocycles. The van der Waals surface area contributed by atoms with Crippen molar-refractivity contribution < 1.29 is 9.53 Å². The summed E-state index contributed by atoms with van der Waals surface area (Å²) >= 11 is 0. The van der Waals surface area contributed by atoms with Gasteiger partial charge in [-0.25, -0.2) is 9.97 Å². The zero-order valence-electron chi connectivity index (χ0n) is 15.6. The lowest BCUT2D eigenvalue weighted by Crippen LogP contribution is -2.38. The van der Waals surface area contributed by atoms with Crippen molar-refractivity contribution in [3.05, 3.63) is 36.2 Å². The van der Waals surface area contributed by atoms with E-state index in [2.05, 4.69) is 38.0 Å². The summed E-state index contributed by atoms with van der Waals surface area (Å²) in [5.74, 6) is 1.39. The van der Waals surface area contributed by atoms with Crippen LogP contribution in [0.1, 0.15) is 25.3 Å². The molecule has 0 unspecified atom stereocenters. The Balaban J connectivity index is 1.53. The maximum absolute atomic E-state index is 12.0. The molecule has 7 nitrogen and oxygen atoms in total. The number of nitrogen functional groups attached to an aromatic ring is 1. The zero-order chi connectivity index (χ0) is 18.8. The Morgan fingerprint density at radius 3 is 2.70 bits per heavy atom. The first-order chi connectivity index (χ1) is 13.2. The van der Waals surface area contributed by atoms with E-state index in [1.165, 1.54) is 5.56 Å². The third-order valence-electron chi connectivity index (χ3n) is 5.40. The summed E-state index contributed by atoms with van der Waals surface area (Å²) in [6.07, 6.45) is 4.08. The lowest BCUT2D eigenvalue weighted by atomic mass is 9.97. The Morgan fingerprint density at radius 2 is 1.93 bits per heavy atom. The summed E-state index contributed by atoms with van der Waals surface area (Å²) in [4.78, 5) is 25.2. The van der Waals surface area contributed by atoms with Gasteiger partial charge in [0.2, 0.25) is 0 Å². The number of piperidine rings is 1. The molecule has 0 radical (unpaired) electrons. The Kier molecular flexibility index (Phi) is 4.83. The molecule has 2 aliphatic heterocycles. The second-order valence-electron chi connectivity index (χ2n) is 6.98. The van der Waals surface area contributed by atoms with Gasteiger partial charge < -0.3 is 20.3 Å². The molecule has 3 heterocycles. The minimum Gasteiger partial charge on any atom is -0.466 e. The number of nitrogens with zero attached hydrogens (tertiary/aromatic N) is 4. The van der Waals surface area contributed by atoms with Crippen LogP contribution in [0, 0.1) is 5.92 Å². The van der Waals surface area contributed by atoms with Crippen molar-refractivity contribution in [2.45, 2.75) is 26.2 Å². The van der Waals surface area contributed by atoms with Crippen LogP contribution < -0.4 is 15.5 Å². The molecule has 0 amide bonds. The standard InChI is InChI=1S/C20H25N5O2/c1-2-27-20(26)15-7-10-24(11-8-15)18-17(21)19(23-13-22-18)25-12-9-14-5-3-4-6-16(14)25/h3-6,13,15H,2,7-12,21H2,1H3. The summed E-state index contributed by atoms with van der Waals surface area (Å²) in [5, 5.41) is 0. The fourth-order valence-corrected chi connectivity index (χ4v) is 3.99. The molecule has 7 heteroatoms. The van der Waals surface area contributed by atoms with E-state index in [1.54, 1.807) is 6.33 Å². The number of carbonyl (C=O) groups is 1. The number of ether oxygens (including phenoxy) is 1. The summed E-state index contributed by atoms with van der Waals surface area (Å²) in [6, 6.07) is 8.35. The molecule has 1 aromatic heterocycles. The number of nitrogens with two attached hydrogens (primary N) is 1. The van der Waals surface area contributed by atoms with Crippen molar-refractivity contribution in [3.63, 3.8) is 0 Å². The summed E-state index contributed by atoms with van der Waals surface area (Å²) < 4.78 is 5.15. The first kappa shape index (κ1) is 17.6. The van der Waals surface area contributed by atoms with Crippen molar-refractivity contribution in [1.29, 1.82) is 0 Å². The number of benzene rings is 1. The second kappa shape index (κ2) is 7.42. The van der Waals surface area contributed by atoms with Gasteiger partial charge in [0.1, 0.15) is 12.0 Å². The Morgan fingerprint density at radius 1 is 1.19 bits per heavy atom. The van der Waals surface area contributed by atoms with Crippen molar-refractivity contribution in [3.8, 4) is 0 Å². The number of rotatable bonds is 4. The quantitative estimate of drug-likeness (QED) is 0.831. The smallest absolute Gasteiger partial charge is 0.309 e. The molecule has 2 aliphatic rings. The fraction of sp³-hybridized carbons (Fsp3) is 0.450. The van der Waals surface area contributed by atoms with Crippen LogP contribution >= 0.6 is 0 Å². The van der Waals surface area contributed by atoms with Crippen molar-refractivity contribution in [2.75, 3.05) is 41.8 Å². The van der Waals surface area contributed by atoms with Gasteiger partial charge in [-0.1, -0.05) is 18.2 Å². The van der Waals surface area contributed by atoms with Gasteiger partial charge >= 0.3 is 5.97 Å².